The number of rotatable bonds is 7. The standard InChI is InChI=1S/C14H18N2O2/c1-16(8-3-9-18-2)11-14(17)13-6-4-12(10-15)5-7-13/h4-7H,3,8-9,11H2,1-2H3. The van der Waals surface area contributed by atoms with E-state index in [-0.39, 0.29) is 5.78 Å². The Balaban J connectivity index is 2.46. The third-order valence-corrected chi connectivity index (χ3v) is 2.64. The van der Waals surface area contributed by atoms with Crippen LogP contribution in [0.15, 0.2) is 24.3 Å². The molecule has 0 bridgehead atoms. The van der Waals surface area contributed by atoms with E-state index in [2.05, 4.69) is 0 Å². The third kappa shape index (κ3) is 4.66. The topological polar surface area (TPSA) is 53.3 Å². The quantitative estimate of drug-likeness (QED) is 0.543. The fraction of sp³-hybridized carbons (Fsp3) is 0.429. The van der Waals surface area contributed by atoms with Gasteiger partial charge in [0.1, 0.15) is 0 Å². The summed E-state index contributed by atoms with van der Waals surface area (Å²) in [6, 6.07) is 8.76. The molecule has 1 aromatic rings. The van der Waals surface area contributed by atoms with Gasteiger partial charge in [-0.2, -0.15) is 5.26 Å². The van der Waals surface area contributed by atoms with Crippen molar-refractivity contribution in [3.63, 3.8) is 0 Å². The highest BCUT2D eigenvalue weighted by Gasteiger charge is 2.08. The van der Waals surface area contributed by atoms with E-state index in [4.69, 9.17) is 10.00 Å². The normalized spacial score (nSPS) is 10.3. The average molecular weight is 246 g/mol. The van der Waals surface area contributed by atoms with Gasteiger partial charge in [0.05, 0.1) is 18.2 Å². The van der Waals surface area contributed by atoms with Crippen molar-refractivity contribution in [3.05, 3.63) is 35.4 Å². The number of methoxy groups -OCH3 is 1. The molecule has 0 amide bonds. The maximum absolute atomic E-state index is 11.9. The van der Waals surface area contributed by atoms with Gasteiger partial charge in [0.25, 0.3) is 0 Å². The zero-order chi connectivity index (χ0) is 13.4. The second-order valence-corrected chi connectivity index (χ2v) is 4.20. The molecule has 0 aliphatic heterocycles. The summed E-state index contributed by atoms with van der Waals surface area (Å²) in [5, 5.41) is 8.68. The van der Waals surface area contributed by atoms with Crippen molar-refractivity contribution >= 4 is 5.78 Å². The number of ether oxygens (including phenoxy) is 1. The molecule has 0 N–H and O–H groups in total. The second kappa shape index (κ2) is 7.59. The number of ketones is 1. The van der Waals surface area contributed by atoms with Crippen molar-refractivity contribution < 1.29 is 9.53 Å². The molecule has 0 saturated carbocycles. The predicted octanol–water partition coefficient (Wildman–Crippen LogP) is 1.71. The number of benzene rings is 1. The fourth-order valence-corrected chi connectivity index (χ4v) is 1.62. The number of carbonyl (C=O) groups is 1. The van der Waals surface area contributed by atoms with Gasteiger partial charge in [0, 0.05) is 25.8 Å². The predicted molar refractivity (Wildman–Crippen MR) is 69.5 cm³/mol. The summed E-state index contributed by atoms with van der Waals surface area (Å²) in [6.07, 6.45) is 0.910. The van der Waals surface area contributed by atoms with E-state index < -0.39 is 0 Å². The summed E-state index contributed by atoms with van der Waals surface area (Å²) >= 11 is 0. The maximum Gasteiger partial charge on any atom is 0.176 e. The minimum absolute atomic E-state index is 0.0689. The van der Waals surface area contributed by atoms with Gasteiger partial charge in [-0.1, -0.05) is 12.1 Å². The molecular weight excluding hydrogens is 228 g/mol. The SMILES string of the molecule is COCCCN(C)CC(=O)c1ccc(C#N)cc1. The van der Waals surface area contributed by atoms with Gasteiger partial charge in [-0.05, 0) is 25.6 Å². The molecular formula is C14H18N2O2. The average Bonchev–Trinajstić information content (AvgIpc) is 2.39. The van der Waals surface area contributed by atoms with Crippen LogP contribution in [0.3, 0.4) is 0 Å². The van der Waals surface area contributed by atoms with Crippen LogP contribution in [0, 0.1) is 11.3 Å². The Hall–Kier alpha value is -1.70. The minimum Gasteiger partial charge on any atom is -0.385 e. The number of nitrogens with zero attached hydrogens (tertiary/aromatic N) is 2. The van der Waals surface area contributed by atoms with Crippen molar-refractivity contribution in [2.75, 3.05) is 33.9 Å². The summed E-state index contributed by atoms with van der Waals surface area (Å²) < 4.78 is 4.97. The molecule has 0 heterocycles. The summed E-state index contributed by atoms with van der Waals surface area (Å²) in [7, 11) is 3.58. The van der Waals surface area contributed by atoms with Crippen LogP contribution in [0.1, 0.15) is 22.3 Å². The fourth-order valence-electron chi connectivity index (χ4n) is 1.62. The van der Waals surface area contributed by atoms with E-state index in [0.29, 0.717) is 24.3 Å². The molecule has 4 nitrogen and oxygen atoms in total. The first kappa shape index (κ1) is 14.4. The van der Waals surface area contributed by atoms with Gasteiger partial charge in [0.15, 0.2) is 5.78 Å². The molecule has 0 aliphatic rings. The van der Waals surface area contributed by atoms with Crippen molar-refractivity contribution in [2.45, 2.75) is 6.42 Å². The van der Waals surface area contributed by atoms with Crippen molar-refractivity contribution in [1.82, 2.24) is 4.90 Å². The first-order valence-electron chi connectivity index (χ1n) is 5.88. The van der Waals surface area contributed by atoms with Gasteiger partial charge in [-0.3, -0.25) is 9.69 Å². The van der Waals surface area contributed by atoms with Gasteiger partial charge in [-0.25, -0.2) is 0 Å². The molecule has 0 atom stereocenters. The molecule has 0 aromatic heterocycles. The Kier molecular flexibility index (Phi) is 6.06. The third-order valence-electron chi connectivity index (χ3n) is 2.64. The molecule has 1 aromatic carbocycles. The summed E-state index contributed by atoms with van der Waals surface area (Å²) in [6.45, 7) is 1.92. The summed E-state index contributed by atoms with van der Waals surface area (Å²) in [5.41, 5.74) is 1.22. The maximum atomic E-state index is 11.9. The molecule has 1 rings (SSSR count). The zero-order valence-corrected chi connectivity index (χ0v) is 10.8. The van der Waals surface area contributed by atoms with Crippen LogP contribution in [0.4, 0.5) is 0 Å². The lowest BCUT2D eigenvalue weighted by atomic mass is 10.1. The van der Waals surface area contributed by atoms with Crippen LogP contribution in [-0.4, -0.2) is 44.5 Å². The van der Waals surface area contributed by atoms with Gasteiger partial charge < -0.3 is 4.74 Å². The van der Waals surface area contributed by atoms with Gasteiger partial charge in [0.2, 0.25) is 0 Å². The highest BCUT2D eigenvalue weighted by molar-refractivity contribution is 5.97. The van der Waals surface area contributed by atoms with Crippen LogP contribution >= 0.6 is 0 Å². The molecule has 0 unspecified atom stereocenters. The van der Waals surface area contributed by atoms with Gasteiger partial charge >= 0.3 is 0 Å². The van der Waals surface area contributed by atoms with E-state index in [1.165, 1.54) is 0 Å². The number of Topliss-reactive ketones (excluding diaryl/α,β-unsaturated/α-hetero) is 1. The number of likely N-dealkylation sites (N-methyl/N-ethyl adjacent to an activating group) is 1. The molecule has 0 radical (unpaired) electrons. The van der Waals surface area contributed by atoms with Crippen LogP contribution in [0.5, 0.6) is 0 Å². The monoisotopic (exact) mass is 246 g/mol. The molecule has 0 fully saturated rings. The Morgan fingerprint density at radius 2 is 2.06 bits per heavy atom. The lowest BCUT2D eigenvalue weighted by Crippen LogP contribution is -2.27. The number of carbonyl (C=O) groups excluding carboxylic acids is 1. The smallest absolute Gasteiger partial charge is 0.176 e. The summed E-state index contributed by atoms with van der Waals surface area (Å²) in [5.74, 6) is 0.0689. The number of hydrogen-bond donors (Lipinski definition) is 0. The molecule has 4 heteroatoms. The number of hydrogen-bond acceptors (Lipinski definition) is 4. The Labute approximate surface area is 108 Å². The summed E-state index contributed by atoms with van der Waals surface area (Å²) in [4.78, 5) is 13.9. The Bertz CT molecular complexity index is 420. The van der Waals surface area contributed by atoms with Crippen LogP contribution in [0.25, 0.3) is 0 Å². The number of nitriles is 1. The van der Waals surface area contributed by atoms with E-state index in [0.717, 1.165) is 13.0 Å². The van der Waals surface area contributed by atoms with Gasteiger partial charge in [-0.15, -0.1) is 0 Å². The van der Waals surface area contributed by atoms with Crippen LogP contribution in [-0.2, 0) is 4.74 Å². The van der Waals surface area contributed by atoms with Crippen LogP contribution < -0.4 is 0 Å². The first-order chi connectivity index (χ1) is 8.67. The van der Waals surface area contributed by atoms with E-state index >= 15 is 0 Å². The molecule has 0 aliphatic carbocycles. The largest absolute Gasteiger partial charge is 0.385 e. The molecule has 0 saturated heterocycles. The molecule has 96 valence electrons. The molecule has 18 heavy (non-hydrogen) atoms. The Morgan fingerprint density at radius 3 is 2.61 bits per heavy atom. The van der Waals surface area contributed by atoms with Crippen molar-refractivity contribution in [2.24, 2.45) is 0 Å². The highest BCUT2D eigenvalue weighted by atomic mass is 16.5. The van der Waals surface area contributed by atoms with E-state index in [1.807, 2.05) is 18.0 Å². The lowest BCUT2D eigenvalue weighted by molar-refractivity contribution is 0.0938. The lowest BCUT2D eigenvalue weighted by Gasteiger charge is -2.15. The van der Waals surface area contributed by atoms with Crippen LogP contribution in [0.2, 0.25) is 0 Å². The zero-order valence-electron chi connectivity index (χ0n) is 10.8. The second-order valence-electron chi connectivity index (χ2n) is 4.20. The first-order valence-corrected chi connectivity index (χ1v) is 5.88. The van der Waals surface area contributed by atoms with Crippen molar-refractivity contribution in [1.29, 1.82) is 5.26 Å². The highest BCUT2D eigenvalue weighted by Crippen LogP contribution is 2.05. The molecule has 0 spiro atoms. The minimum atomic E-state index is 0.0689. The Morgan fingerprint density at radius 1 is 1.39 bits per heavy atom. The van der Waals surface area contributed by atoms with E-state index in [1.54, 1.807) is 31.4 Å². The van der Waals surface area contributed by atoms with Crippen molar-refractivity contribution in [3.8, 4) is 6.07 Å². The van der Waals surface area contributed by atoms with E-state index in [9.17, 15) is 4.79 Å².